The molecule has 0 saturated heterocycles. The average molecular weight is 242 g/mol. The molecule has 0 aliphatic heterocycles. The van der Waals surface area contributed by atoms with Crippen LogP contribution in [0.2, 0.25) is 0 Å². The lowest BCUT2D eigenvalue weighted by atomic mass is 10.0. The van der Waals surface area contributed by atoms with E-state index in [1.807, 2.05) is 0 Å². The number of nitrogens with one attached hydrogen (secondary N) is 1. The van der Waals surface area contributed by atoms with Gasteiger partial charge >= 0.3 is 0 Å². The summed E-state index contributed by atoms with van der Waals surface area (Å²) in [6.45, 7) is 9.25. The number of amides is 1. The van der Waals surface area contributed by atoms with E-state index in [0.29, 0.717) is 18.0 Å². The van der Waals surface area contributed by atoms with Gasteiger partial charge in [-0.15, -0.1) is 0 Å². The van der Waals surface area contributed by atoms with Gasteiger partial charge in [-0.25, -0.2) is 0 Å². The fourth-order valence-electron chi connectivity index (χ4n) is 2.43. The van der Waals surface area contributed by atoms with E-state index in [0.717, 1.165) is 6.42 Å². The van der Waals surface area contributed by atoms with Crippen LogP contribution < -0.4 is 11.1 Å². The Labute approximate surface area is 103 Å². The normalized spacial score (nSPS) is 21.5. The lowest BCUT2D eigenvalue weighted by molar-refractivity contribution is -0.123. The van der Waals surface area contributed by atoms with Crippen molar-refractivity contribution in [1.29, 1.82) is 0 Å². The van der Waals surface area contributed by atoms with Gasteiger partial charge in [0, 0.05) is 12.5 Å². The molecule has 0 unspecified atom stereocenters. The van der Waals surface area contributed by atoms with Crippen LogP contribution in [0.5, 0.6) is 0 Å². The van der Waals surface area contributed by atoms with Gasteiger partial charge in [-0.3, -0.25) is 4.79 Å². The largest absolute Gasteiger partial charge is 0.393 e. The van der Waals surface area contributed by atoms with Gasteiger partial charge in [-0.1, -0.05) is 39.9 Å². The first-order valence-electron chi connectivity index (χ1n) is 5.77. The standard InChI is InChI=1S/C12H22N2OS/c1-11(2)9(12(11,3)4)10(15)14-7-5-6-8(13)16/h9H,5-7H2,1-4H3,(H2,13,16)(H,14,15). The minimum Gasteiger partial charge on any atom is -0.393 e. The Morgan fingerprint density at radius 1 is 1.31 bits per heavy atom. The summed E-state index contributed by atoms with van der Waals surface area (Å²) in [5.74, 6) is 0.294. The predicted molar refractivity (Wildman–Crippen MR) is 70.1 cm³/mol. The maximum absolute atomic E-state index is 11.9. The highest BCUT2D eigenvalue weighted by Gasteiger charge is 2.68. The first-order chi connectivity index (χ1) is 7.21. The molecule has 0 atom stereocenters. The number of carbonyl (C=O) groups excluding carboxylic acids is 1. The van der Waals surface area contributed by atoms with Crippen LogP contribution in [0.15, 0.2) is 0 Å². The van der Waals surface area contributed by atoms with Crippen molar-refractivity contribution in [3.63, 3.8) is 0 Å². The molecule has 1 saturated carbocycles. The van der Waals surface area contributed by atoms with E-state index < -0.39 is 0 Å². The smallest absolute Gasteiger partial charge is 0.224 e. The Morgan fingerprint density at radius 2 is 1.81 bits per heavy atom. The molecule has 4 heteroatoms. The fourth-order valence-corrected chi connectivity index (χ4v) is 2.57. The Morgan fingerprint density at radius 3 is 2.19 bits per heavy atom. The van der Waals surface area contributed by atoms with Crippen molar-refractivity contribution in [3.8, 4) is 0 Å². The second-order valence-corrected chi connectivity index (χ2v) is 6.26. The van der Waals surface area contributed by atoms with E-state index in [-0.39, 0.29) is 22.7 Å². The lowest BCUT2D eigenvalue weighted by Crippen LogP contribution is -2.28. The maximum Gasteiger partial charge on any atom is 0.224 e. The monoisotopic (exact) mass is 242 g/mol. The molecule has 0 aromatic rings. The van der Waals surface area contributed by atoms with Crippen LogP contribution in [-0.4, -0.2) is 17.4 Å². The van der Waals surface area contributed by atoms with E-state index in [1.165, 1.54) is 0 Å². The molecule has 0 aromatic heterocycles. The summed E-state index contributed by atoms with van der Waals surface area (Å²) in [7, 11) is 0. The van der Waals surface area contributed by atoms with Crippen LogP contribution in [-0.2, 0) is 4.79 Å². The van der Waals surface area contributed by atoms with Crippen LogP contribution in [0.1, 0.15) is 40.5 Å². The van der Waals surface area contributed by atoms with Gasteiger partial charge in [0.05, 0.1) is 4.99 Å². The first kappa shape index (κ1) is 13.4. The quantitative estimate of drug-likeness (QED) is 0.571. The number of carbonyl (C=O) groups is 1. The second-order valence-electron chi connectivity index (χ2n) is 5.74. The van der Waals surface area contributed by atoms with Crippen LogP contribution >= 0.6 is 12.2 Å². The van der Waals surface area contributed by atoms with Crippen LogP contribution in [0.25, 0.3) is 0 Å². The molecule has 0 aromatic carbocycles. The van der Waals surface area contributed by atoms with Crippen molar-refractivity contribution >= 4 is 23.1 Å². The van der Waals surface area contributed by atoms with Crippen LogP contribution in [0.4, 0.5) is 0 Å². The van der Waals surface area contributed by atoms with Gasteiger partial charge in [0.25, 0.3) is 0 Å². The maximum atomic E-state index is 11.9. The number of rotatable bonds is 5. The van der Waals surface area contributed by atoms with E-state index in [4.69, 9.17) is 18.0 Å². The van der Waals surface area contributed by atoms with Gasteiger partial charge in [-0.05, 0) is 23.7 Å². The molecular formula is C12H22N2OS. The van der Waals surface area contributed by atoms with Crippen molar-refractivity contribution < 1.29 is 4.79 Å². The van der Waals surface area contributed by atoms with Crippen molar-refractivity contribution in [1.82, 2.24) is 5.32 Å². The molecule has 0 bridgehead atoms. The Hall–Kier alpha value is -0.640. The molecular weight excluding hydrogens is 220 g/mol. The summed E-state index contributed by atoms with van der Waals surface area (Å²) < 4.78 is 0. The number of nitrogens with two attached hydrogens (primary N) is 1. The van der Waals surface area contributed by atoms with E-state index in [1.54, 1.807) is 0 Å². The zero-order valence-electron chi connectivity index (χ0n) is 10.6. The Kier molecular flexibility index (Phi) is 3.62. The van der Waals surface area contributed by atoms with Crippen molar-refractivity contribution in [2.45, 2.75) is 40.5 Å². The molecule has 1 aliphatic rings. The van der Waals surface area contributed by atoms with Crippen LogP contribution in [0, 0.1) is 16.7 Å². The molecule has 3 nitrogen and oxygen atoms in total. The average Bonchev–Trinajstić information content (AvgIpc) is 2.51. The highest BCUT2D eigenvalue weighted by molar-refractivity contribution is 7.80. The summed E-state index contributed by atoms with van der Waals surface area (Å²) in [6, 6.07) is 0. The van der Waals surface area contributed by atoms with Gasteiger partial charge in [0.1, 0.15) is 0 Å². The SMILES string of the molecule is CC1(C)C(C(=O)NCCCC(N)=S)C1(C)C. The third-order valence-electron chi connectivity index (χ3n) is 4.18. The molecule has 1 aliphatic carbocycles. The summed E-state index contributed by atoms with van der Waals surface area (Å²) in [4.78, 5) is 12.4. The topological polar surface area (TPSA) is 55.1 Å². The Bertz CT molecular complexity index is 296. The molecule has 1 amide bonds. The van der Waals surface area contributed by atoms with Crippen molar-refractivity contribution in [3.05, 3.63) is 0 Å². The van der Waals surface area contributed by atoms with Crippen LogP contribution in [0.3, 0.4) is 0 Å². The van der Waals surface area contributed by atoms with E-state index in [2.05, 4.69) is 33.0 Å². The third-order valence-corrected chi connectivity index (χ3v) is 4.39. The van der Waals surface area contributed by atoms with E-state index >= 15 is 0 Å². The first-order valence-corrected chi connectivity index (χ1v) is 6.18. The number of hydrogen-bond donors (Lipinski definition) is 2. The zero-order valence-corrected chi connectivity index (χ0v) is 11.4. The molecule has 16 heavy (non-hydrogen) atoms. The summed E-state index contributed by atoms with van der Waals surface area (Å²) >= 11 is 4.78. The summed E-state index contributed by atoms with van der Waals surface area (Å²) in [6.07, 6.45) is 1.53. The molecule has 0 radical (unpaired) electrons. The highest BCUT2D eigenvalue weighted by atomic mass is 32.1. The van der Waals surface area contributed by atoms with Crippen molar-refractivity contribution in [2.75, 3.05) is 6.54 Å². The summed E-state index contributed by atoms with van der Waals surface area (Å²) in [5, 5.41) is 2.96. The lowest BCUT2D eigenvalue weighted by Gasteiger charge is -2.05. The molecule has 1 rings (SSSR count). The second kappa shape index (κ2) is 4.32. The van der Waals surface area contributed by atoms with E-state index in [9.17, 15) is 4.79 Å². The third kappa shape index (κ3) is 2.37. The number of thiocarbonyl (C=S) groups is 1. The van der Waals surface area contributed by atoms with Gasteiger partial charge in [0.15, 0.2) is 0 Å². The minimum absolute atomic E-state index is 0.111. The predicted octanol–water partition coefficient (Wildman–Crippen LogP) is 1.85. The zero-order chi connectivity index (χ0) is 12.6. The van der Waals surface area contributed by atoms with Gasteiger partial charge < -0.3 is 11.1 Å². The number of hydrogen-bond acceptors (Lipinski definition) is 2. The molecule has 1 fully saturated rings. The molecule has 0 spiro atoms. The van der Waals surface area contributed by atoms with Gasteiger partial charge in [-0.2, -0.15) is 0 Å². The Balaban J connectivity index is 2.31. The molecule has 92 valence electrons. The highest BCUT2D eigenvalue weighted by Crippen LogP contribution is 2.68. The molecule has 0 heterocycles. The van der Waals surface area contributed by atoms with Crippen molar-refractivity contribution in [2.24, 2.45) is 22.5 Å². The minimum atomic E-state index is 0.111. The van der Waals surface area contributed by atoms with Gasteiger partial charge in [0.2, 0.25) is 5.91 Å². The fraction of sp³-hybridized carbons (Fsp3) is 0.833. The molecule has 3 N–H and O–H groups in total. The summed E-state index contributed by atoms with van der Waals surface area (Å²) in [5.41, 5.74) is 5.61.